The molecule has 2 aromatic rings. The van der Waals surface area contributed by atoms with Gasteiger partial charge in [0, 0.05) is 22.0 Å². The van der Waals surface area contributed by atoms with E-state index in [-0.39, 0.29) is 5.91 Å². The van der Waals surface area contributed by atoms with Gasteiger partial charge in [-0.3, -0.25) is 4.79 Å². The number of carbonyl (C=O) groups is 1. The van der Waals surface area contributed by atoms with Gasteiger partial charge in [0.25, 0.3) is 5.91 Å². The summed E-state index contributed by atoms with van der Waals surface area (Å²) in [5.74, 6) is 2.20. The van der Waals surface area contributed by atoms with E-state index in [1.54, 1.807) is 11.3 Å². The van der Waals surface area contributed by atoms with Gasteiger partial charge >= 0.3 is 0 Å². The second-order valence-electron chi connectivity index (χ2n) is 7.10. The van der Waals surface area contributed by atoms with Gasteiger partial charge in [0.1, 0.15) is 12.4 Å². The molecule has 24 heavy (non-hydrogen) atoms. The van der Waals surface area contributed by atoms with Crippen molar-refractivity contribution in [1.82, 2.24) is 5.32 Å². The Hall–Kier alpha value is -1.81. The van der Waals surface area contributed by atoms with Gasteiger partial charge in [-0.15, -0.1) is 11.3 Å². The van der Waals surface area contributed by atoms with Crippen molar-refractivity contribution in [2.24, 2.45) is 11.8 Å². The minimum absolute atomic E-state index is 0.0674. The number of hydrogen-bond acceptors (Lipinski definition) is 3. The third-order valence-electron chi connectivity index (χ3n) is 5.57. The number of rotatable bonds is 2. The first-order valence-electron chi connectivity index (χ1n) is 8.79. The van der Waals surface area contributed by atoms with Crippen LogP contribution in [0.15, 0.2) is 30.3 Å². The fourth-order valence-electron chi connectivity index (χ4n) is 3.84. The molecule has 1 aliphatic carbocycles. The lowest BCUT2D eigenvalue weighted by Crippen LogP contribution is -2.43. The second kappa shape index (κ2) is 6.25. The molecule has 0 bridgehead atoms. The molecule has 126 valence electrons. The highest BCUT2D eigenvalue weighted by atomic mass is 32.1. The highest BCUT2D eigenvalue weighted by molar-refractivity contribution is 7.17. The summed E-state index contributed by atoms with van der Waals surface area (Å²) in [6, 6.07) is 10.4. The Morgan fingerprint density at radius 3 is 2.96 bits per heavy atom. The van der Waals surface area contributed by atoms with Crippen LogP contribution < -0.4 is 10.1 Å². The molecule has 1 aromatic heterocycles. The highest BCUT2D eigenvalue weighted by Crippen LogP contribution is 2.42. The van der Waals surface area contributed by atoms with Gasteiger partial charge in [0.05, 0.1) is 4.88 Å². The molecule has 3 atom stereocenters. The summed E-state index contributed by atoms with van der Waals surface area (Å²) in [6.07, 6.45) is 3.57. The van der Waals surface area contributed by atoms with Crippen LogP contribution in [0.2, 0.25) is 0 Å². The van der Waals surface area contributed by atoms with Crippen molar-refractivity contribution in [1.29, 1.82) is 0 Å². The van der Waals surface area contributed by atoms with E-state index in [0.717, 1.165) is 28.2 Å². The Balaban J connectivity index is 1.56. The van der Waals surface area contributed by atoms with Crippen LogP contribution >= 0.6 is 11.3 Å². The van der Waals surface area contributed by atoms with Crippen LogP contribution in [0.25, 0.3) is 10.4 Å². The van der Waals surface area contributed by atoms with Crippen molar-refractivity contribution in [2.75, 3.05) is 0 Å². The molecule has 1 N–H and O–H groups in total. The molecule has 1 saturated carbocycles. The Kier molecular flexibility index (Phi) is 4.09. The zero-order chi connectivity index (χ0) is 16.7. The van der Waals surface area contributed by atoms with Crippen LogP contribution in [0.3, 0.4) is 0 Å². The first-order chi connectivity index (χ1) is 11.6. The standard InChI is InChI=1S/C20H23NO2S/c1-12-6-5-8-16(13(12)2)21-20(22)18-10-14-11-23-17-9-4-3-7-15(17)19(14)24-18/h3-4,7,9-10,12-13,16H,5-6,8,11H2,1-2H3,(H,21,22)/t12-,13+,16-/m1/s1. The molecule has 0 unspecified atom stereocenters. The highest BCUT2D eigenvalue weighted by Gasteiger charge is 2.29. The van der Waals surface area contributed by atoms with E-state index in [4.69, 9.17) is 4.74 Å². The van der Waals surface area contributed by atoms with Crippen molar-refractivity contribution in [3.63, 3.8) is 0 Å². The third-order valence-corrected chi connectivity index (χ3v) is 6.78. The number of fused-ring (bicyclic) bond motifs is 3. The van der Waals surface area contributed by atoms with E-state index in [1.807, 2.05) is 24.3 Å². The topological polar surface area (TPSA) is 38.3 Å². The largest absolute Gasteiger partial charge is 0.488 e. The third kappa shape index (κ3) is 2.73. The maximum absolute atomic E-state index is 12.8. The summed E-state index contributed by atoms with van der Waals surface area (Å²) in [5.41, 5.74) is 2.22. The molecule has 1 fully saturated rings. The van der Waals surface area contributed by atoms with E-state index >= 15 is 0 Å². The molecule has 4 heteroatoms. The Bertz CT molecular complexity index is 767. The molecule has 0 saturated heterocycles. The monoisotopic (exact) mass is 341 g/mol. The molecule has 2 aliphatic rings. The molecule has 4 rings (SSSR count). The summed E-state index contributed by atoms with van der Waals surface area (Å²) in [6.45, 7) is 5.10. The van der Waals surface area contributed by atoms with Crippen LogP contribution in [-0.2, 0) is 6.61 Å². The van der Waals surface area contributed by atoms with E-state index in [0.29, 0.717) is 24.5 Å². The van der Waals surface area contributed by atoms with Crippen molar-refractivity contribution in [2.45, 2.75) is 45.8 Å². The Morgan fingerprint density at radius 2 is 2.08 bits per heavy atom. The smallest absolute Gasteiger partial charge is 0.261 e. The minimum atomic E-state index is 0.0674. The molecule has 1 aromatic carbocycles. The average Bonchev–Trinajstić information content (AvgIpc) is 3.04. The predicted molar refractivity (Wildman–Crippen MR) is 97.5 cm³/mol. The summed E-state index contributed by atoms with van der Waals surface area (Å²) < 4.78 is 5.80. The normalized spacial score (nSPS) is 25.3. The lowest BCUT2D eigenvalue weighted by molar-refractivity contribution is 0.0895. The lowest BCUT2D eigenvalue weighted by atomic mass is 9.78. The first kappa shape index (κ1) is 15.7. The van der Waals surface area contributed by atoms with Gasteiger partial charge in [-0.25, -0.2) is 0 Å². The summed E-state index contributed by atoms with van der Waals surface area (Å²) >= 11 is 1.58. The number of amides is 1. The SMILES string of the molecule is C[C@H]1[C@H](C)CCC[C@H]1NC(=O)c1cc2c(s1)-c1ccccc1OC2. The van der Waals surface area contributed by atoms with E-state index in [2.05, 4.69) is 25.2 Å². The van der Waals surface area contributed by atoms with Crippen LogP contribution in [0.1, 0.15) is 48.3 Å². The average molecular weight is 341 g/mol. The fourth-order valence-corrected chi connectivity index (χ4v) is 4.94. The van der Waals surface area contributed by atoms with Gasteiger partial charge in [-0.2, -0.15) is 0 Å². The Labute approximate surface area is 147 Å². The van der Waals surface area contributed by atoms with E-state index in [1.165, 1.54) is 17.7 Å². The number of hydrogen-bond donors (Lipinski definition) is 1. The van der Waals surface area contributed by atoms with Crippen LogP contribution in [-0.4, -0.2) is 11.9 Å². The molecule has 2 heterocycles. The van der Waals surface area contributed by atoms with Crippen molar-refractivity contribution < 1.29 is 9.53 Å². The van der Waals surface area contributed by atoms with Crippen LogP contribution in [0.5, 0.6) is 5.75 Å². The van der Waals surface area contributed by atoms with Gasteiger partial charge in [-0.05, 0) is 36.5 Å². The quantitative estimate of drug-likeness (QED) is 0.847. The predicted octanol–water partition coefficient (Wildman–Crippen LogP) is 4.86. The fraction of sp³-hybridized carbons (Fsp3) is 0.450. The number of ether oxygens (including phenoxy) is 1. The van der Waals surface area contributed by atoms with Crippen LogP contribution in [0.4, 0.5) is 0 Å². The molecule has 0 spiro atoms. The lowest BCUT2D eigenvalue weighted by Gasteiger charge is -2.34. The maximum atomic E-state index is 12.8. The number of para-hydroxylation sites is 1. The summed E-state index contributed by atoms with van der Waals surface area (Å²) in [5, 5.41) is 3.28. The van der Waals surface area contributed by atoms with Gasteiger partial charge in [-0.1, -0.05) is 38.8 Å². The molecule has 1 amide bonds. The van der Waals surface area contributed by atoms with Crippen molar-refractivity contribution in [3.05, 3.63) is 40.8 Å². The molecule has 3 nitrogen and oxygen atoms in total. The number of benzene rings is 1. The molecular formula is C20H23NO2S. The molecular weight excluding hydrogens is 318 g/mol. The van der Waals surface area contributed by atoms with Gasteiger partial charge in [0.2, 0.25) is 0 Å². The Morgan fingerprint density at radius 1 is 1.25 bits per heavy atom. The number of thiophene rings is 1. The van der Waals surface area contributed by atoms with Gasteiger partial charge in [0.15, 0.2) is 0 Å². The first-order valence-corrected chi connectivity index (χ1v) is 9.61. The zero-order valence-corrected chi connectivity index (χ0v) is 15.0. The van der Waals surface area contributed by atoms with Crippen LogP contribution in [0, 0.1) is 11.8 Å². The van der Waals surface area contributed by atoms with Crippen molar-refractivity contribution in [3.8, 4) is 16.2 Å². The minimum Gasteiger partial charge on any atom is -0.488 e. The second-order valence-corrected chi connectivity index (χ2v) is 8.15. The van der Waals surface area contributed by atoms with E-state index < -0.39 is 0 Å². The number of carbonyl (C=O) groups excluding carboxylic acids is 1. The maximum Gasteiger partial charge on any atom is 0.261 e. The van der Waals surface area contributed by atoms with Gasteiger partial charge < -0.3 is 10.1 Å². The molecule has 1 aliphatic heterocycles. The molecule has 0 radical (unpaired) electrons. The zero-order valence-electron chi connectivity index (χ0n) is 14.2. The summed E-state index contributed by atoms with van der Waals surface area (Å²) in [7, 11) is 0. The van der Waals surface area contributed by atoms with E-state index in [9.17, 15) is 4.79 Å². The summed E-state index contributed by atoms with van der Waals surface area (Å²) in [4.78, 5) is 14.7. The van der Waals surface area contributed by atoms with Crippen molar-refractivity contribution >= 4 is 17.2 Å². The number of nitrogens with one attached hydrogen (secondary N) is 1.